The lowest BCUT2D eigenvalue weighted by atomic mass is 10.0. The summed E-state index contributed by atoms with van der Waals surface area (Å²) < 4.78 is 2.12. The number of carbonyl (C=O) groups is 2. The zero-order valence-electron chi connectivity index (χ0n) is 15.5. The molecular weight excluding hydrogens is 326 g/mol. The van der Waals surface area contributed by atoms with E-state index in [9.17, 15) is 9.59 Å². The summed E-state index contributed by atoms with van der Waals surface area (Å²) in [5.41, 5.74) is 2.29. The van der Waals surface area contributed by atoms with Gasteiger partial charge < -0.3 is 9.88 Å². The fourth-order valence-electron chi connectivity index (χ4n) is 3.74. The van der Waals surface area contributed by atoms with Crippen molar-refractivity contribution in [2.45, 2.75) is 38.3 Å². The second kappa shape index (κ2) is 8.32. The van der Waals surface area contributed by atoms with Crippen molar-refractivity contribution in [3.8, 4) is 0 Å². The van der Waals surface area contributed by atoms with Crippen LogP contribution in [-0.4, -0.2) is 40.3 Å². The van der Waals surface area contributed by atoms with Gasteiger partial charge in [0, 0.05) is 18.9 Å². The molecule has 0 radical (unpaired) electrons. The zero-order valence-corrected chi connectivity index (χ0v) is 15.5. The van der Waals surface area contributed by atoms with Gasteiger partial charge in [0.1, 0.15) is 0 Å². The first-order valence-corrected chi connectivity index (χ1v) is 9.23. The van der Waals surface area contributed by atoms with Crippen LogP contribution in [0.15, 0.2) is 48.7 Å². The minimum atomic E-state index is -0.471. The number of hydrogen-bond donors (Lipinski definition) is 1. The van der Waals surface area contributed by atoms with Crippen LogP contribution in [0.25, 0.3) is 0 Å². The molecule has 1 aliphatic rings. The van der Waals surface area contributed by atoms with Crippen molar-refractivity contribution in [3.63, 3.8) is 0 Å². The molecule has 0 bridgehead atoms. The van der Waals surface area contributed by atoms with Crippen molar-refractivity contribution < 1.29 is 9.59 Å². The lowest BCUT2D eigenvalue weighted by Gasteiger charge is -2.25. The number of nitrogens with one attached hydrogen (secondary N) is 1. The number of aromatic nitrogens is 1. The standard InChI is InChI=1S/C21H27N3O2/c1-16(25)18(14-17-8-4-3-5-9-17)22-21(26)15-24-13-7-11-20(24)19-10-6-12-23(19)2/h3-6,8-10,12,18,20H,7,11,13-15H2,1-2H3,(H,22,26)/t18-,20+/m1/s1. The highest BCUT2D eigenvalue weighted by Gasteiger charge is 2.29. The lowest BCUT2D eigenvalue weighted by molar-refractivity contribution is -0.127. The Balaban J connectivity index is 1.61. The molecule has 0 saturated carbocycles. The molecule has 138 valence electrons. The van der Waals surface area contributed by atoms with E-state index in [4.69, 9.17) is 0 Å². The predicted octanol–water partition coefficient (Wildman–Crippen LogP) is 2.48. The monoisotopic (exact) mass is 353 g/mol. The van der Waals surface area contributed by atoms with Gasteiger partial charge in [-0.15, -0.1) is 0 Å². The summed E-state index contributed by atoms with van der Waals surface area (Å²) in [4.78, 5) is 26.8. The molecule has 1 saturated heterocycles. The number of aryl methyl sites for hydroxylation is 1. The van der Waals surface area contributed by atoms with Crippen LogP contribution in [0.4, 0.5) is 0 Å². The van der Waals surface area contributed by atoms with E-state index in [0.717, 1.165) is 24.9 Å². The first-order chi connectivity index (χ1) is 12.5. The average Bonchev–Trinajstić information content (AvgIpc) is 3.23. The molecule has 1 aliphatic heterocycles. The lowest BCUT2D eigenvalue weighted by Crippen LogP contribution is -2.46. The van der Waals surface area contributed by atoms with Gasteiger partial charge in [-0.25, -0.2) is 0 Å². The van der Waals surface area contributed by atoms with Gasteiger partial charge in [-0.3, -0.25) is 14.5 Å². The highest BCUT2D eigenvalue weighted by Crippen LogP contribution is 2.31. The number of nitrogens with zero attached hydrogens (tertiary/aromatic N) is 2. The van der Waals surface area contributed by atoms with Crippen LogP contribution in [0.2, 0.25) is 0 Å². The molecular formula is C21H27N3O2. The quantitative estimate of drug-likeness (QED) is 0.832. The van der Waals surface area contributed by atoms with Gasteiger partial charge in [0.05, 0.1) is 18.6 Å². The maximum absolute atomic E-state index is 12.6. The normalized spacial score (nSPS) is 18.6. The van der Waals surface area contributed by atoms with E-state index < -0.39 is 6.04 Å². The fraction of sp³-hybridized carbons (Fsp3) is 0.429. The predicted molar refractivity (Wildman–Crippen MR) is 102 cm³/mol. The molecule has 5 heteroatoms. The third kappa shape index (κ3) is 4.41. The van der Waals surface area contributed by atoms with E-state index in [0.29, 0.717) is 13.0 Å². The van der Waals surface area contributed by atoms with Crippen LogP contribution in [0.3, 0.4) is 0 Å². The third-order valence-electron chi connectivity index (χ3n) is 5.14. The molecule has 26 heavy (non-hydrogen) atoms. The molecule has 1 fully saturated rings. The second-order valence-electron chi connectivity index (χ2n) is 7.09. The largest absolute Gasteiger partial charge is 0.353 e. The Bertz CT molecular complexity index is 754. The van der Waals surface area contributed by atoms with Crippen molar-refractivity contribution in [2.75, 3.05) is 13.1 Å². The topological polar surface area (TPSA) is 54.3 Å². The zero-order chi connectivity index (χ0) is 18.5. The van der Waals surface area contributed by atoms with Gasteiger partial charge in [0.25, 0.3) is 0 Å². The van der Waals surface area contributed by atoms with Crippen molar-refractivity contribution >= 4 is 11.7 Å². The molecule has 1 N–H and O–H groups in total. The first-order valence-electron chi connectivity index (χ1n) is 9.23. The van der Waals surface area contributed by atoms with Gasteiger partial charge in [-0.1, -0.05) is 30.3 Å². The number of benzene rings is 1. The van der Waals surface area contributed by atoms with Crippen molar-refractivity contribution in [1.29, 1.82) is 0 Å². The number of hydrogen-bond acceptors (Lipinski definition) is 3. The van der Waals surface area contributed by atoms with E-state index in [1.54, 1.807) is 0 Å². The minimum absolute atomic E-state index is 0.0115. The summed E-state index contributed by atoms with van der Waals surface area (Å²) in [6, 6.07) is 13.8. The van der Waals surface area contributed by atoms with Gasteiger partial charge in [-0.05, 0) is 50.4 Å². The molecule has 1 amide bonds. The van der Waals surface area contributed by atoms with E-state index >= 15 is 0 Å². The van der Waals surface area contributed by atoms with Crippen molar-refractivity contribution in [3.05, 3.63) is 59.9 Å². The smallest absolute Gasteiger partial charge is 0.234 e. The Kier molecular flexibility index (Phi) is 5.89. The number of Topliss-reactive ketones (excluding diaryl/α,β-unsaturated/α-hetero) is 1. The van der Waals surface area contributed by atoms with Crippen LogP contribution in [0.1, 0.15) is 37.1 Å². The SMILES string of the molecule is CC(=O)[C@@H](Cc1ccccc1)NC(=O)CN1CCC[C@H]1c1cccn1C. The Morgan fingerprint density at radius 2 is 1.96 bits per heavy atom. The third-order valence-corrected chi connectivity index (χ3v) is 5.14. The molecule has 0 unspecified atom stereocenters. The summed E-state index contributed by atoms with van der Waals surface area (Å²) in [6.07, 6.45) is 4.72. The average molecular weight is 353 g/mol. The van der Waals surface area contributed by atoms with Crippen LogP contribution in [0.5, 0.6) is 0 Å². The highest BCUT2D eigenvalue weighted by atomic mass is 16.2. The molecule has 2 heterocycles. The van der Waals surface area contributed by atoms with Crippen LogP contribution < -0.4 is 5.32 Å². The van der Waals surface area contributed by atoms with Gasteiger partial charge in [-0.2, -0.15) is 0 Å². The van der Waals surface area contributed by atoms with E-state index in [1.165, 1.54) is 12.6 Å². The number of amides is 1. The maximum atomic E-state index is 12.6. The van der Waals surface area contributed by atoms with E-state index in [2.05, 4.69) is 20.9 Å². The maximum Gasteiger partial charge on any atom is 0.234 e. The van der Waals surface area contributed by atoms with Crippen molar-refractivity contribution in [2.24, 2.45) is 7.05 Å². The summed E-state index contributed by atoms with van der Waals surface area (Å²) in [7, 11) is 2.04. The van der Waals surface area contributed by atoms with Gasteiger partial charge >= 0.3 is 0 Å². The second-order valence-corrected chi connectivity index (χ2v) is 7.09. The number of ketones is 1. The number of carbonyl (C=O) groups excluding carboxylic acids is 2. The van der Waals surface area contributed by atoms with Gasteiger partial charge in [0.2, 0.25) is 5.91 Å². The Morgan fingerprint density at radius 3 is 2.62 bits per heavy atom. The molecule has 0 spiro atoms. The molecule has 1 aromatic heterocycles. The molecule has 1 aromatic carbocycles. The molecule has 5 nitrogen and oxygen atoms in total. The molecule has 2 aromatic rings. The van der Waals surface area contributed by atoms with Crippen molar-refractivity contribution in [1.82, 2.24) is 14.8 Å². The van der Waals surface area contributed by atoms with E-state index in [-0.39, 0.29) is 17.7 Å². The van der Waals surface area contributed by atoms with Crippen LogP contribution in [0, 0.1) is 0 Å². The van der Waals surface area contributed by atoms with E-state index in [1.807, 2.05) is 49.6 Å². The van der Waals surface area contributed by atoms with Crippen LogP contribution >= 0.6 is 0 Å². The Morgan fingerprint density at radius 1 is 1.19 bits per heavy atom. The Labute approximate surface area is 155 Å². The number of likely N-dealkylation sites (tertiary alicyclic amines) is 1. The molecule has 2 atom stereocenters. The summed E-state index contributed by atoms with van der Waals surface area (Å²) >= 11 is 0. The fourth-order valence-corrected chi connectivity index (χ4v) is 3.74. The Hall–Kier alpha value is -2.40. The highest BCUT2D eigenvalue weighted by molar-refractivity contribution is 5.88. The summed E-state index contributed by atoms with van der Waals surface area (Å²) in [5, 5.41) is 2.94. The minimum Gasteiger partial charge on any atom is -0.353 e. The molecule has 3 rings (SSSR count). The summed E-state index contributed by atoms with van der Waals surface area (Å²) in [5.74, 6) is -0.0927. The summed E-state index contributed by atoms with van der Waals surface area (Å²) in [6.45, 7) is 2.78. The van der Waals surface area contributed by atoms with Crippen LogP contribution in [-0.2, 0) is 23.1 Å². The number of rotatable bonds is 7. The first kappa shape index (κ1) is 18.4. The van der Waals surface area contributed by atoms with Gasteiger partial charge in [0.15, 0.2) is 5.78 Å². The molecule has 0 aliphatic carbocycles.